The third kappa shape index (κ3) is 16.6. The Morgan fingerprint density at radius 2 is 0.571 bits per heavy atom. The van der Waals surface area contributed by atoms with Gasteiger partial charge in [-0.25, -0.2) is 13.2 Å². The Hall–Kier alpha value is -5.29. The third-order valence-electron chi connectivity index (χ3n) is 27.1. The van der Waals surface area contributed by atoms with E-state index in [9.17, 15) is 13.2 Å². The molecule has 2 saturated carbocycles. The van der Waals surface area contributed by atoms with Crippen molar-refractivity contribution in [3.8, 4) is 0 Å². The molecular formula is C92H125F3N4O6. The molecule has 0 radical (unpaired) electrons. The smallest absolute Gasteiger partial charge is 0.129 e. The lowest BCUT2D eigenvalue weighted by Gasteiger charge is -2.41. The van der Waals surface area contributed by atoms with Crippen LogP contribution in [0.25, 0.3) is 0 Å². The fraction of sp³-hybridized carbons (Fsp3) is 0.609. The van der Waals surface area contributed by atoms with Crippen LogP contribution < -0.4 is 0 Å². The molecule has 6 aromatic carbocycles. The van der Waals surface area contributed by atoms with E-state index in [-0.39, 0.29) is 51.1 Å². The SMILES string of the molecule is CC(C)C1CCC2(CC1)OCc1ccccc12.CC(C)C1CCC2(CC1)OCc1ccccc12.CC(C)N1CCC2(CC1)OCc1cc(F)ccc12.CC(C)N1CCC2(CC1)OCc1ccc(F)cc12.CC(C)N1CCC2(CC1)OCc1cccc(F)c12.CC(C)N1CCC2(CC1)OCc1ccccc12. The van der Waals surface area contributed by atoms with Crippen molar-refractivity contribution in [2.75, 3.05) is 52.4 Å². The summed E-state index contributed by atoms with van der Waals surface area (Å²) in [5.41, 5.74) is 14.4. The second-order valence-electron chi connectivity index (χ2n) is 34.7. The van der Waals surface area contributed by atoms with Gasteiger partial charge in [-0.15, -0.1) is 0 Å². The van der Waals surface area contributed by atoms with Crippen LogP contribution in [0.5, 0.6) is 0 Å². The van der Waals surface area contributed by atoms with Gasteiger partial charge >= 0.3 is 0 Å². The second-order valence-corrected chi connectivity index (χ2v) is 34.7. The highest BCUT2D eigenvalue weighted by atomic mass is 19.1. The highest BCUT2D eigenvalue weighted by Gasteiger charge is 2.49. The highest BCUT2D eigenvalue weighted by Crippen LogP contribution is 2.53. The molecule has 10 nitrogen and oxygen atoms in total. The molecule has 0 bridgehead atoms. The number of ether oxygens (including phenoxy) is 6. The average molecular weight is 1440 g/mol. The summed E-state index contributed by atoms with van der Waals surface area (Å²) in [6.45, 7) is 40.0. The zero-order valence-corrected chi connectivity index (χ0v) is 65.8. The molecule has 18 rings (SSSR count). The number of halogens is 3. The molecule has 4 saturated heterocycles. The van der Waals surface area contributed by atoms with E-state index in [0.717, 1.165) is 175 Å². The summed E-state index contributed by atoms with van der Waals surface area (Å²) in [4.78, 5) is 9.94. The molecule has 570 valence electrons. The van der Waals surface area contributed by atoms with Crippen molar-refractivity contribution >= 4 is 0 Å². The molecule has 0 N–H and O–H groups in total. The molecule has 0 aromatic heterocycles. The van der Waals surface area contributed by atoms with E-state index >= 15 is 0 Å². The molecule has 10 aliphatic heterocycles. The van der Waals surface area contributed by atoms with Crippen LogP contribution in [0.4, 0.5) is 13.2 Å². The number of likely N-dealkylation sites (tertiary alicyclic amines) is 4. The van der Waals surface area contributed by atoms with Gasteiger partial charge in [-0.1, -0.05) is 125 Å². The maximum Gasteiger partial charge on any atom is 0.129 e. The summed E-state index contributed by atoms with van der Waals surface area (Å²) in [6.07, 6.45) is 18.2. The van der Waals surface area contributed by atoms with Gasteiger partial charge in [0.2, 0.25) is 0 Å². The predicted octanol–water partition coefficient (Wildman–Crippen LogP) is 20.6. The van der Waals surface area contributed by atoms with E-state index in [1.54, 1.807) is 30.3 Å². The number of hydrogen-bond acceptors (Lipinski definition) is 10. The average Bonchev–Trinajstić information content (AvgIpc) is 1.69. The van der Waals surface area contributed by atoms with E-state index in [1.165, 1.54) is 96.4 Å². The molecule has 12 aliphatic rings. The predicted molar refractivity (Wildman–Crippen MR) is 415 cm³/mol. The molecule has 13 heteroatoms. The van der Waals surface area contributed by atoms with Crippen molar-refractivity contribution in [2.24, 2.45) is 23.7 Å². The fourth-order valence-corrected chi connectivity index (χ4v) is 20.1. The number of benzene rings is 6. The van der Waals surface area contributed by atoms with Crippen molar-refractivity contribution in [3.63, 3.8) is 0 Å². The Morgan fingerprint density at radius 3 is 0.952 bits per heavy atom. The molecule has 2 aliphatic carbocycles. The van der Waals surface area contributed by atoms with Crippen LogP contribution in [0.15, 0.2) is 127 Å². The lowest BCUT2D eigenvalue weighted by molar-refractivity contribution is -0.0840. The molecular weight excluding hydrogens is 1310 g/mol. The van der Waals surface area contributed by atoms with Gasteiger partial charge in [0.15, 0.2) is 0 Å². The molecule has 6 aromatic rings. The first-order valence-electron chi connectivity index (χ1n) is 40.9. The van der Waals surface area contributed by atoms with Crippen molar-refractivity contribution in [3.05, 3.63) is 212 Å². The van der Waals surface area contributed by atoms with E-state index in [1.807, 2.05) is 18.2 Å². The quantitative estimate of drug-likeness (QED) is 0.161. The molecule has 6 spiro atoms. The van der Waals surface area contributed by atoms with Gasteiger partial charge in [-0.2, -0.15) is 0 Å². The van der Waals surface area contributed by atoms with Crippen molar-refractivity contribution < 1.29 is 41.6 Å². The molecule has 0 atom stereocenters. The van der Waals surface area contributed by atoms with Crippen LogP contribution >= 0.6 is 0 Å². The van der Waals surface area contributed by atoms with Crippen molar-refractivity contribution in [1.29, 1.82) is 0 Å². The van der Waals surface area contributed by atoms with Crippen LogP contribution in [0.2, 0.25) is 0 Å². The summed E-state index contributed by atoms with van der Waals surface area (Å²) in [5, 5.41) is 0. The molecule has 0 amide bonds. The maximum absolute atomic E-state index is 14.1. The monoisotopic (exact) mass is 1440 g/mol. The van der Waals surface area contributed by atoms with Crippen LogP contribution in [0.1, 0.15) is 253 Å². The topological polar surface area (TPSA) is 68.3 Å². The molecule has 105 heavy (non-hydrogen) atoms. The zero-order chi connectivity index (χ0) is 73.9. The normalized spacial score (nSPS) is 25.8. The summed E-state index contributed by atoms with van der Waals surface area (Å²) in [6, 6.07) is 44.2. The van der Waals surface area contributed by atoms with Gasteiger partial charge in [-0.05, 0) is 273 Å². The Kier molecular flexibility index (Phi) is 24.5. The van der Waals surface area contributed by atoms with Crippen molar-refractivity contribution in [1.82, 2.24) is 19.6 Å². The summed E-state index contributed by atoms with van der Waals surface area (Å²) in [7, 11) is 0. The maximum atomic E-state index is 14.1. The summed E-state index contributed by atoms with van der Waals surface area (Å²) in [5.74, 6) is 3.05. The Labute approximate surface area is 628 Å². The lowest BCUT2D eigenvalue weighted by atomic mass is 9.72. The highest BCUT2D eigenvalue weighted by molar-refractivity contribution is 5.41. The first-order chi connectivity index (χ1) is 50.5. The first-order valence-corrected chi connectivity index (χ1v) is 40.9. The van der Waals surface area contributed by atoms with Gasteiger partial charge < -0.3 is 48.0 Å². The standard InChI is InChI=1S/2C16H22O.3C15H20FNO.C15H21NO/c2*1-12(2)13-7-9-16(10-8-13)15-6-4-3-5-14(15)11-17-16;1-11(2)17-7-5-15(6-8-17)14-4-3-13(16)9-12(14)10-18-15;1-11(2)17-7-5-15(6-8-17)14-9-13(16)4-3-12(14)10-18-15;1-11(2)17-8-6-15(7-9-17)14-12(10-18-15)4-3-5-13(14)16;1-12(2)16-9-7-15(8-10-16)14-6-4-3-5-13(14)11-17-15/h2*3-6,12-13H,7-11H2,1-2H3;2*3-4,9,11H,5-8,10H2,1-2H3;3-5,11H,6-10H2,1-2H3;3-6,12H,7-11H2,1-2H3. The van der Waals surface area contributed by atoms with E-state index < -0.39 is 0 Å². The number of fused-ring (bicyclic) bond motifs is 12. The molecule has 0 unspecified atom stereocenters. The minimum atomic E-state index is -0.355. The summed E-state index contributed by atoms with van der Waals surface area (Å²) >= 11 is 0. The third-order valence-corrected chi connectivity index (χ3v) is 27.1. The second kappa shape index (κ2) is 33.1. The molecule has 10 heterocycles. The minimum absolute atomic E-state index is 0.0297. The van der Waals surface area contributed by atoms with Gasteiger partial charge in [-0.3, -0.25) is 0 Å². The van der Waals surface area contributed by atoms with E-state index in [4.69, 9.17) is 28.4 Å². The Bertz CT molecular complexity index is 3650. The van der Waals surface area contributed by atoms with Crippen LogP contribution in [-0.2, 0) is 102 Å². The van der Waals surface area contributed by atoms with Gasteiger partial charge in [0.1, 0.15) is 17.5 Å². The summed E-state index contributed by atoms with van der Waals surface area (Å²) < 4.78 is 77.3. The molecule has 6 fully saturated rings. The van der Waals surface area contributed by atoms with Gasteiger partial charge in [0.05, 0.1) is 73.2 Å². The number of nitrogens with zero attached hydrogens (tertiary/aromatic N) is 4. The van der Waals surface area contributed by atoms with Crippen LogP contribution in [-0.4, -0.2) is 96.1 Å². The lowest BCUT2D eigenvalue weighted by Crippen LogP contribution is -2.45. The van der Waals surface area contributed by atoms with Gasteiger partial charge in [0, 0.05) is 82.1 Å². The zero-order valence-electron chi connectivity index (χ0n) is 65.8. The minimum Gasteiger partial charge on any atom is -0.366 e. The first kappa shape index (κ1) is 77.9. The number of piperidine rings is 4. The van der Waals surface area contributed by atoms with Crippen LogP contribution in [0, 0.1) is 41.1 Å². The van der Waals surface area contributed by atoms with Gasteiger partial charge in [0.25, 0.3) is 0 Å². The van der Waals surface area contributed by atoms with E-state index in [2.05, 4.69) is 175 Å². The van der Waals surface area contributed by atoms with E-state index in [0.29, 0.717) is 44.0 Å². The Balaban J connectivity index is 0.000000112. The largest absolute Gasteiger partial charge is 0.366 e. The fourth-order valence-electron chi connectivity index (χ4n) is 20.1. The van der Waals surface area contributed by atoms with Crippen LogP contribution in [0.3, 0.4) is 0 Å². The number of rotatable bonds is 6. The number of hydrogen-bond donors (Lipinski definition) is 0. The van der Waals surface area contributed by atoms with Crippen molar-refractivity contribution in [2.45, 2.75) is 283 Å². The Morgan fingerprint density at radius 1 is 0.286 bits per heavy atom.